The van der Waals surface area contributed by atoms with Crippen molar-refractivity contribution in [3.05, 3.63) is 29.3 Å². The van der Waals surface area contributed by atoms with E-state index in [0.29, 0.717) is 17.5 Å². The molecule has 3 rings (SSSR count). The van der Waals surface area contributed by atoms with Crippen LogP contribution in [0.15, 0.2) is 24.3 Å². The number of halogens is 1. The molecule has 130 valence electrons. The second-order valence-corrected chi connectivity index (χ2v) is 6.56. The summed E-state index contributed by atoms with van der Waals surface area (Å²) in [5.41, 5.74) is 0.969. The molecule has 0 radical (unpaired) electrons. The minimum atomic E-state index is 0.0874. The first-order valence-corrected chi connectivity index (χ1v) is 8.65. The van der Waals surface area contributed by atoms with E-state index in [1.807, 2.05) is 35.9 Å². The molecular formula is C17H23ClN4O2. The lowest BCUT2D eigenvalue weighted by Gasteiger charge is -2.32. The van der Waals surface area contributed by atoms with Gasteiger partial charge >= 0.3 is 0 Å². The van der Waals surface area contributed by atoms with E-state index in [4.69, 9.17) is 21.4 Å². The van der Waals surface area contributed by atoms with Crippen LogP contribution < -0.4 is 4.90 Å². The third kappa shape index (κ3) is 3.88. The Morgan fingerprint density at radius 2 is 2.08 bits per heavy atom. The van der Waals surface area contributed by atoms with E-state index in [0.717, 1.165) is 49.9 Å². The smallest absolute Gasteiger partial charge is 0.227 e. The standard InChI is InChI=1S/C17H23ClN4O2/c1-21-16(14-3-2-4-15(18)11-14)19-20-17(21)22-7-5-13(6-8-22)12-24-10-9-23/h2-4,11,13,23H,5-10,12H2,1H3. The average Bonchev–Trinajstić information content (AvgIpc) is 2.97. The predicted molar refractivity (Wildman–Crippen MR) is 94.3 cm³/mol. The highest BCUT2D eigenvalue weighted by molar-refractivity contribution is 6.30. The number of aliphatic hydroxyl groups is 1. The molecule has 2 aromatic rings. The van der Waals surface area contributed by atoms with Crippen molar-refractivity contribution in [2.24, 2.45) is 13.0 Å². The van der Waals surface area contributed by atoms with Crippen LogP contribution in [0.4, 0.5) is 5.95 Å². The molecule has 7 heteroatoms. The number of hydrogen-bond acceptors (Lipinski definition) is 5. The van der Waals surface area contributed by atoms with Crippen molar-refractivity contribution in [3.8, 4) is 11.4 Å². The van der Waals surface area contributed by atoms with Gasteiger partial charge in [-0.2, -0.15) is 0 Å². The number of ether oxygens (including phenoxy) is 1. The average molecular weight is 351 g/mol. The lowest BCUT2D eigenvalue weighted by molar-refractivity contribution is 0.0615. The molecule has 0 saturated carbocycles. The fourth-order valence-electron chi connectivity index (χ4n) is 3.09. The highest BCUT2D eigenvalue weighted by atomic mass is 35.5. The molecule has 0 amide bonds. The third-order valence-corrected chi connectivity index (χ3v) is 4.66. The van der Waals surface area contributed by atoms with E-state index in [1.165, 1.54) is 0 Å². The Bertz CT molecular complexity index is 668. The monoisotopic (exact) mass is 350 g/mol. The van der Waals surface area contributed by atoms with Crippen LogP contribution in [-0.4, -0.2) is 52.8 Å². The highest BCUT2D eigenvalue weighted by Crippen LogP contribution is 2.26. The molecule has 0 aliphatic carbocycles. The summed E-state index contributed by atoms with van der Waals surface area (Å²) < 4.78 is 7.47. The van der Waals surface area contributed by atoms with Gasteiger partial charge in [0.25, 0.3) is 0 Å². The number of anilines is 1. The van der Waals surface area contributed by atoms with E-state index in [1.54, 1.807) is 0 Å². The largest absolute Gasteiger partial charge is 0.394 e. The Labute approximate surface area is 147 Å². The molecule has 1 fully saturated rings. The third-order valence-electron chi connectivity index (χ3n) is 4.42. The number of rotatable bonds is 6. The van der Waals surface area contributed by atoms with Gasteiger partial charge in [0, 0.05) is 37.3 Å². The minimum Gasteiger partial charge on any atom is -0.394 e. The molecule has 1 saturated heterocycles. The number of benzene rings is 1. The molecule has 1 aliphatic rings. The summed E-state index contributed by atoms with van der Waals surface area (Å²) >= 11 is 6.08. The highest BCUT2D eigenvalue weighted by Gasteiger charge is 2.23. The van der Waals surface area contributed by atoms with Gasteiger partial charge in [-0.05, 0) is 30.9 Å². The minimum absolute atomic E-state index is 0.0874. The van der Waals surface area contributed by atoms with Gasteiger partial charge in [0.2, 0.25) is 5.95 Å². The number of piperidine rings is 1. The predicted octanol–water partition coefficient (Wildman–Crippen LogP) is 2.36. The van der Waals surface area contributed by atoms with Gasteiger partial charge in [0.05, 0.1) is 13.2 Å². The lowest BCUT2D eigenvalue weighted by atomic mass is 9.98. The van der Waals surface area contributed by atoms with Crippen molar-refractivity contribution < 1.29 is 9.84 Å². The zero-order valence-corrected chi connectivity index (χ0v) is 14.6. The van der Waals surface area contributed by atoms with Crippen molar-refractivity contribution in [1.29, 1.82) is 0 Å². The van der Waals surface area contributed by atoms with Crippen LogP contribution in [0.25, 0.3) is 11.4 Å². The summed E-state index contributed by atoms with van der Waals surface area (Å²) in [4.78, 5) is 2.27. The van der Waals surface area contributed by atoms with Crippen LogP contribution in [-0.2, 0) is 11.8 Å². The maximum Gasteiger partial charge on any atom is 0.227 e. The molecule has 1 aromatic carbocycles. The van der Waals surface area contributed by atoms with E-state index >= 15 is 0 Å². The van der Waals surface area contributed by atoms with E-state index < -0.39 is 0 Å². The summed E-state index contributed by atoms with van der Waals surface area (Å²) in [7, 11) is 1.99. The van der Waals surface area contributed by atoms with Crippen molar-refractivity contribution in [1.82, 2.24) is 14.8 Å². The summed E-state index contributed by atoms with van der Waals surface area (Å²) in [5, 5.41) is 18.2. The number of hydrogen-bond donors (Lipinski definition) is 1. The lowest BCUT2D eigenvalue weighted by Crippen LogP contribution is -2.36. The fourth-order valence-corrected chi connectivity index (χ4v) is 3.28. The number of aromatic nitrogens is 3. The molecule has 6 nitrogen and oxygen atoms in total. The van der Waals surface area contributed by atoms with Gasteiger partial charge in [-0.25, -0.2) is 0 Å². The quantitative estimate of drug-likeness (QED) is 0.810. The van der Waals surface area contributed by atoms with Gasteiger partial charge in [-0.15, -0.1) is 10.2 Å². The molecule has 0 unspecified atom stereocenters. The molecule has 24 heavy (non-hydrogen) atoms. The Kier molecular flexibility index (Phi) is 5.71. The second kappa shape index (κ2) is 7.96. The summed E-state index contributed by atoms with van der Waals surface area (Å²) in [6.07, 6.45) is 2.12. The van der Waals surface area contributed by atoms with Crippen LogP contribution in [0.5, 0.6) is 0 Å². The van der Waals surface area contributed by atoms with Crippen molar-refractivity contribution >= 4 is 17.5 Å². The SMILES string of the molecule is Cn1c(-c2cccc(Cl)c2)nnc1N1CCC(COCCO)CC1. The van der Waals surface area contributed by atoms with Crippen molar-refractivity contribution in [3.63, 3.8) is 0 Å². The zero-order chi connectivity index (χ0) is 16.9. The topological polar surface area (TPSA) is 63.4 Å². The van der Waals surface area contributed by atoms with Crippen LogP contribution in [0.1, 0.15) is 12.8 Å². The molecule has 0 spiro atoms. The van der Waals surface area contributed by atoms with Crippen LogP contribution in [0, 0.1) is 5.92 Å². The number of nitrogens with zero attached hydrogens (tertiary/aromatic N) is 4. The van der Waals surface area contributed by atoms with Gasteiger partial charge in [-0.3, -0.25) is 4.57 Å². The van der Waals surface area contributed by atoms with E-state index in [-0.39, 0.29) is 6.61 Å². The summed E-state index contributed by atoms with van der Waals surface area (Å²) in [6, 6.07) is 7.67. The first kappa shape index (κ1) is 17.2. The van der Waals surface area contributed by atoms with Crippen LogP contribution in [0.2, 0.25) is 5.02 Å². The molecule has 1 aromatic heterocycles. The van der Waals surface area contributed by atoms with Gasteiger partial charge < -0.3 is 14.7 Å². The van der Waals surface area contributed by atoms with Gasteiger partial charge in [-0.1, -0.05) is 23.7 Å². The maximum absolute atomic E-state index is 8.77. The Morgan fingerprint density at radius 1 is 1.29 bits per heavy atom. The first-order chi connectivity index (χ1) is 11.7. The first-order valence-electron chi connectivity index (χ1n) is 8.28. The van der Waals surface area contributed by atoms with Gasteiger partial charge in [0.15, 0.2) is 5.82 Å². The summed E-state index contributed by atoms with van der Waals surface area (Å²) in [5.74, 6) is 2.26. The van der Waals surface area contributed by atoms with Crippen molar-refractivity contribution in [2.45, 2.75) is 12.8 Å². The summed E-state index contributed by atoms with van der Waals surface area (Å²) in [6.45, 7) is 3.11. The zero-order valence-electron chi connectivity index (χ0n) is 13.9. The second-order valence-electron chi connectivity index (χ2n) is 6.12. The van der Waals surface area contributed by atoms with Gasteiger partial charge in [0.1, 0.15) is 0 Å². The Hall–Kier alpha value is -1.63. The van der Waals surface area contributed by atoms with Crippen molar-refractivity contribution in [2.75, 3.05) is 37.8 Å². The molecule has 0 atom stereocenters. The fraction of sp³-hybridized carbons (Fsp3) is 0.529. The van der Waals surface area contributed by atoms with E-state index in [2.05, 4.69) is 15.1 Å². The molecule has 1 N–H and O–H groups in total. The molecule has 0 bridgehead atoms. The molecular weight excluding hydrogens is 328 g/mol. The van der Waals surface area contributed by atoms with Crippen LogP contribution >= 0.6 is 11.6 Å². The number of aliphatic hydroxyl groups excluding tert-OH is 1. The normalized spacial score (nSPS) is 15.9. The van der Waals surface area contributed by atoms with E-state index in [9.17, 15) is 0 Å². The maximum atomic E-state index is 8.77. The van der Waals surface area contributed by atoms with Crippen LogP contribution in [0.3, 0.4) is 0 Å². The molecule has 1 aliphatic heterocycles. The Morgan fingerprint density at radius 3 is 2.79 bits per heavy atom. The molecule has 2 heterocycles. The Balaban J connectivity index is 1.65.